The molecule has 2 unspecified atom stereocenters. The van der Waals surface area contributed by atoms with Gasteiger partial charge in [0.2, 0.25) is 11.8 Å². The fourth-order valence-corrected chi connectivity index (χ4v) is 4.63. The second kappa shape index (κ2) is 14.2. The monoisotopic (exact) mass is 538 g/mol. The Bertz CT molecular complexity index is 1170. The predicted octanol–water partition coefficient (Wildman–Crippen LogP) is 7.04. The molecule has 0 bridgehead atoms. The summed E-state index contributed by atoms with van der Waals surface area (Å²) in [6, 6.07) is 22.7. The number of aryl methyl sites for hydroxylation is 2. The van der Waals surface area contributed by atoms with Crippen LogP contribution in [0.15, 0.2) is 72.8 Å². The van der Waals surface area contributed by atoms with Gasteiger partial charge in [0.25, 0.3) is 0 Å². The standard InChI is InChI=1S/C31H36Cl2N2O2/c1-4-22(3)34-31(37)29(19-25-9-7-6-8-10-25)35(21-26-16-17-27(32)20-28(26)33)30(36)18-15-24-13-11-23(5-2)12-14-24/h6-14,16-17,20,22,29H,4-5,15,18-19,21H2,1-3H3,(H,34,37). The van der Waals surface area contributed by atoms with Crippen molar-refractivity contribution in [1.29, 1.82) is 0 Å². The highest BCUT2D eigenvalue weighted by Gasteiger charge is 2.31. The molecule has 2 amide bonds. The van der Waals surface area contributed by atoms with Crippen molar-refractivity contribution in [3.8, 4) is 0 Å². The van der Waals surface area contributed by atoms with Crippen LogP contribution in [0.3, 0.4) is 0 Å². The minimum Gasteiger partial charge on any atom is -0.352 e. The molecular formula is C31H36Cl2N2O2. The SMILES string of the molecule is CCc1ccc(CCC(=O)N(Cc2ccc(Cl)cc2Cl)C(Cc2ccccc2)C(=O)NC(C)CC)cc1. The Balaban J connectivity index is 1.92. The summed E-state index contributed by atoms with van der Waals surface area (Å²) in [7, 11) is 0. The van der Waals surface area contributed by atoms with Gasteiger partial charge >= 0.3 is 0 Å². The smallest absolute Gasteiger partial charge is 0.243 e. The van der Waals surface area contributed by atoms with Gasteiger partial charge in [0.15, 0.2) is 0 Å². The second-order valence-electron chi connectivity index (χ2n) is 9.45. The summed E-state index contributed by atoms with van der Waals surface area (Å²) in [5, 5.41) is 4.09. The van der Waals surface area contributed by atoms with E-state index < -0.39 is 6.04 Å². The van der Waals surface area contributed by atoms with Crippen molar-refractivity contribution in [2.24, 2.45) is 0 Å². The van der Waals surface area contributed by atoms with Gasteiger partial charge in [-0.2, -0.15) is 0 Å². The van der Waals surface area contributed by atoms with Gasteiger partial charge < -0.3 is 10.2 Å². The van der Waals surface area contributed by atoms with Crippen LogP contribution in [0.4, 0.5) is 0 Å². The molecule has 0 saturated carbocycles. The number of halogens is 2. The number of benzene rings is 3. The Kier molecular flexibility index (Phi) is 11.0. The summed E-state index contributed by atoms with van der Waals surface area (Å²) in [6.45, 7) is 6.34. The molecule has 0 radical (unpaired) electrons. The average molecular weight is 540 g/mol. The third-order valence-corrected chi connectivity index (χ3v) is 7.27. The molecule has 0 spiro atoms. The number of rotatable bonds is 12. The first-order valence-electron chi connectivity index (χ1n) is 13.0. The summed E-state index contributed by atoms with van der Waals surface area (Å²) >= 11 is 12.6. The highest BCUT2D eigenvalue weighted by atomic mass is 35.5. The van der Waals surface area contributed by atoms with Crippen LogP contribution in [0.25, 0.3) is 0 Å². The average Bonchev–Trinajstić information content (AvgIpc) is 2.91. The molecule has 1 N–H and O–H groups in total. The molecule has 0 aliphatic heterocycles. The lowest BCUT2D eigenvalue weighted by molar-refractivity contribution is -0.141. The maximum absolute atomic E-state index is 13.8. The number of hydrogen-bond donors (Lipinski definition) is 1. The Hall–Kier alpha value is -2.82. The summed E-state index contributed by atoms with van der Waals surface area (Å²) < 4.78 is 0. The molecule has 0 heterocycles. The van der Waals surface area contributed by atoms with Crippen LogP contribution in [-0.2, 0) is 35.4 Å². The highest BCUT2D eigenvalue weighted by Crippen LogP contribution is 2.25. The summed E-state index contributed by atoms with van der Waals surface area (Å²) in [6.07, 6.45) is 3.07. The molecule has 37 heavy (non-hydrogen) atoms. The molecule has 4 nitrogen and oxygen atoms in total. The molecule has 0 saturated heterocycles. The van der Waals surface area contributed by atoms with Gasteiger partial charge in [-0.05, 0) is 60.6 Å². The zero-order chi connectivity index (χ0) is 26.8. The molecule has 3 aromatic rings. The number of carbonyl (C=O) groups is 2. The minimum atomic E-state index is -0.682. The van der Waals surface area contributed by atoms with E-state index in [0.717, 1.165) is 29.5 Å². The molecule has 6 heteroatoms. The first-order valence-corrected chi connectivity index (χ1v) is 13.7. The van der Waals surface area contributed by atoms with Crippen LogP contribution in [0.5, 0.6) is 0 Å². The maximum Gasteiger partial charge on any atom is 0.243 e. The lowest BCUT2D eigenvalue weighted by atomic mass is 10.0. The molecular weight excluding hydrogens is 503 g/mol. The van der Waals surface area contributed by atoms with Crippen molar-refractivity contribution in [2.45, 2.75) is 71.5 Å². The van der Waals surface area contributed by atoms with Crippen LogP contribution in [-0.4, -0.2) is 28.8 Å². The topological polar surface area (TPSA) is 49.4 Å². The van der Waals surface area contributed by atoms with E-state index in [1.165, 1.54) is 5.56 Å². The van der Waals surface area contributed by atoms with E-state index >= 15 is 0 Å². The van der Waals surface area contributed by atoms with E-state index in [1.807, 2.05) is 50.2 Å². The quantitative estimate of drug-likeness (QED) is 0.268. The van der Waals surface area contributed by atoms with Gasteiger partial charge in [0.1, 0.15) is 6.04 Å². The molecule has 0 aliphatic carbocycles. The lowest BCUT2D eigenvalue weighted by Gasteiger charge is -2.32. The largest absolute Gasteiger partial charge is 0.352 e. The number of nitrogens with one attached hydrogen (secondary N) is 1. The summed E-state index contributed by atoms with van der Waals surface area (Å²) in [5.74, 6) is -0.255. The van der Waals surface area contributed by atoms with E-state index in [9.17, 15) is 9.59 Å². The van der Waals surface area contributed by atoms with Gasteiger partial charge in [-0.1, -0.05) is 97.7 Å². The first kappa shape index (κ1) is 28.7. The summed E-state index contributed by atoms with van der Waals surface area (Å²) in [5.41, 5.74) is 4.10. The van der Waals surface area contributed by atoms with Crippen LogP contribution in [0.2, 0.25) is 10.0 Å². The molecule has 3 rings (SSSR count). The number of carbonyl (C=O) groups excluding carboxylic acids is 2. The van der Waals surface area contributed by atoms with Gasteiger partial charge in [0, 0.05) is 35.5 Å². The number of nitrogens with zero attached hydrogens (tertiary/aromatic N) is 1. The number of amides is 2. The fraction of sp³-hybridized carbons (Fsp3) is 0.355. The molecule has 196 valence electrons. The van der Waals surface area contributed by atoms with Crippen molar-refractivity contribution in [1.82, 2.24) is 10.2 Å². The van der Waals surface area contributed by atoms with Crippen molar-refractivity contribution < 1.29 is 9.59 Å². The minimum absolute atomic E-state index is 0.000995. The van der Waals surface area contributed by atoms with Crippen molar-refractivity contribution >= 4 is 35.0 Å². The highest BCUT2D eigenvalue weighted by molar-refractivity contribution is 6.35. The molecule has 2 atom stereocenters. The van der Waals surface area contributed by atoms with Crippen LogP contribution >= 0.6 is 23.2 Å². The zero-order valence-electron chi connectivity index (χ0n) is 21.8. The number of hydrogen-bond acceptors (Lipinski definition) is 2. The third kappa shape index (κ3) is 8.62. The van der Waals surface area contributed by atoms with Crippen LogP contribution in [0.1, 0.15) is 55.9 Å². The molecule has 3 aromatic carbocycles. The van der Waals surface area contributed by atoms with Gasteiger partial charge in [-0.3, -0.25) is 9.59 Å². The lowest BCUT2D eigenvalue weighted by Crippen LogP contribution is -2.52. The van der Waals surface area contributed by atoms with Gasteiger partial charge in [-0.25, -0.2) is 0 Å². The molecule has 0 fully saturated rings. The maximum atomic E-state index is 13.8. The van der Waals surface area contributed by atoms with Crippen molar-refractivity contribution in [3.05, 3.63) is 105 Å². The predicted molar refractivity (Wildman–Crippen MR) is 153 cm³/mol. The third-order valence-electron chi connectivity index (χ3n) is 6.69. The van der Waals surface area contributed by atoms with Crippen LogP contribution < -0.4 is 5.32 Å². The van der Waals surface area contributed by atoms with Crippen LogP contribution in [0, 0.1) is 0 Å². The second-order valence-corrected chi connectivity index (χ2v) is 10.3. The first-order chi connectivity index (χ1) is 17.8. The van der Waals surface area contributed by atoms with E-state index in [0.29, 0.717) is 29.3 Å². The summed E-state index contributed by atoms with van der Waals surface area (Å²) in [4.78, 5) is 29.0. The van der Waals surface area contributed by atoms with E-state index in [1.54, 1.807) is 17.0 Å². The Morgan fingerprint density at radius 1 is 0.892 bits per heavy atom. The Morgan fingerprint density at radius 2 is 1.57 bits per heavy atom. The van der Waals surface area contributed by atoms with E-state index in [-0.39, 0.29) is 24.4 Å². The molecule has 0 aromatic heterocycles. The van der Waals surface area contributed by atoms with Crippen molar-refractivity contribution in [3.63, 3.8) is 0 Å². The van der Waals surface area contributed by atoms with Gasteiger partial charge in [-0.15, -0.1) is 0 Å². The molecule has 0 aliphatic rings. The normalized spacial score (nSPS) is 12.6. The van der Waals surface area contributed by atoms with E-state index in [2.05, 4.69) is 36.5 Å². The Labute approximate surface area is 231 Å². The van der Waals surface area contributed by atoms with Gasteiger partial charge in [0.05, 0.1) is 0 Å². The zero-order valence-corrected chi connectivity index (χ0v) is 23.4. The Morgan fingerprint density at radius 3 is 2.19 bits per heavy atom. The van der Waals surface area contributed by atoms with Crippen molar-refractivity contribution in [2.75, 3.05) is 0 Å². The fourth-order valence-electron chi connectivity index (χ4n) is 4.17. The van der Waals surface area contributed by atoms with E-state index in [4.69, 9.17) is 23.2 Å².